The van der Waals surface area contributed by atoms with E-state index in [9.17, 15) is 4.79 Å². The van der Waals surface area contributed by atoms with Crippen molar-refractivity contribution in [3.8, 4) is 5.69 Å². The Balaban J connectivity index is 1.46. The minimum Gasteiger partial charge on any atom is -0.338 e. The van der Waals surface area contributed by atoms with Gasteiger partial charge in [-0.3, -0.25) is 0 Å². The number of benzene rings is 1. The Morgan fingerprint density at radius 1 is 1.09 bits per heavy atom. The summed E-state index contributed by atoms with van der Waals surface area (Å²) >= 11 is 0. The second kappa shape index (κ2) is 7.81. The molecule has 2 heterocycles. The second-order valence-electron chi connectivity index (χ2n) is 6.00. The number of likely N-dealkylation sites (tertiary alicyclic amines) is 1. The zero-order valence-corrected chi connectivity index (χ0v) is 13.4. The first kappa shape index (κ1) is 15.6. The van der Waals surface area contributed by atoms with Gasteiger partial charge in [0.05, 0.1) is 5.69 Å². The summed E-state index contributed by atoms with van der Waals surface area (Å²) in [6, 6.07) is 10.3. The molecule has 5 nitrogen and oxygen atoms in total. The summed E-state index contributed by atoms with van der Waals surface area (Å²) < 4.78 is 1.84. The highest BCUT2D eigenvalue weighted by atomic mass is 16.2. The number of amides is 2. The van der Waals surface area contributed by atoms with Gasteiger partial charge in [-0.05, 0) is 43.0 Å². The number of carbonyl (C=O) groups excluding carboxylic acids is 1. The Morgan fingerprint density at radius 3 is 2.48 bits per heavy atom. The van der Waals surface area contributed by atoms with Crippen molar-refractivity contribution in [1.29, 1.82) is 0 Å². The Morgan fingerprint density at radius 2 is 1.83 bits per heavy atom. The number of aromatic nitrogens is 2. The van der Waals surface area contributed by atoms with Crippen LogP contribution in [0.2, 0.25) is 0 Å². The van der Waals surface area contributed by atoms with Crippen LogP contribution < -0.4 is 5.32 Å². The molecule has 0 aliphatic carbocycles. The zero-order valence-electron chi connectivity index (χ0n) is 13.4. The normalized spacial score (nSPS) is 15.2. The largest absolute Gasteiger partial charge is 0.338 e. The topological polar surface area (TPSA) is 50.2 Å². The lowest BCUT2D eigenvalue weighted by atomic mass is 10.1. The Labute approximate surface area is 137 Å². The van der Waals surface area contributed by atoms with E-state index in [4.69, 9.17) is 0 Å². The fourth-order valence-corrected chi connectivity index (χ4v) is 2.94. The van der Waals surface area contributed by atoms with Gasteiger partial charge in [0, 0.05) is 32.0 Å². The molecular weight excluding hydrogens is 288 g/mol. The predicted octanol–water partition coefficient (Wildman–Crippen LogP) is 3.00. The lowest BCUT2D eigenvalue weighted by molar-refractivity contribution is 0.200. The third-order valence-electron chi connectivity index (χ3n) is 4.29. The number of urea groups is 1. The average molecular weight is 312 g/mol. The van der Waals surface area contributed by atoms with Crippen molar-refractivity contribution in [3.63, 3.8) is 0 Å². The van der Waals surface area contributed by atoms with E-state index in [1.165, 1.54) is 18.4 Å². The number of rotatable bonds is 4. The van der Waals surface area contributed by atoms with Crippen molar-refractivity contribution in [3.05, 3.63) is 48.3 Å². The van der Waals surface area contributed by atoms with E-state index in [2.05, 4.69) is 34.7 Å². The number of hydrogen-bond donors (Lipinski definition) is 1. The molecule has 0 unspecified atom stereocenters. The number of nitrogens with zero attached hydrogens (tertiary/aromatic N) is 3. The van der Waals surface area contributed by atoms with Crippen LogP contribution >= 0.6 is 0 Å². The minimum absolute atomic E-state index is 0.0834. The third kappa shape index (κ3) is 4.34. The number of hydrogen-bond acceptors (Lipinski definition) is 2. The summed E-state index contributed by atoms with van der Waals surface area (Å²) in [7, 11) is 0. The molecule has 0 radical (unpaired) electrons. The van der Waals surface area contributed by atoms with E-state index >= 15 is 0 Å². The summed E-state index contributed by atoms with van der Waals surface area (Å²) in [6.07, 6.45) is 9.28. The van der Waals surface area contributed by atoms with Gasteiger partial charge in [0.25, 0.3) is 0 Å². The predicted molar refractivity (Wildman–Crippen MR) is 90.7 cm³/mol. The maximum absolute atomic E-state index is 12.2. The van der Waals surface area contributed by atoms with Crippen LogP contribution in [0.4, 0.5) is 4.79 Å². The van der Waals surface area contributed by atoms with Gasteiger partial charge in [0.15, 0.2) is 0 Å². The van der Waals surface area contributed by atoms with Crippen LogP contribution in [0, 0.1) is 0 Å². The molecule has 2 amide bonds. The van der Waals surface area contributed by atoms with Crippen LogP contribution in [0.3, 0.4) is 0 Å². The van der Waals surface area contributed by atoms with Gasteiger partial charge in [-0.15, -0.1) is 0 Å². The first-order chi connectivity index (χ1) is 11.3. The van der Waals surface area contributed by atoms with E-state index in [0.717, 1.165) is 38.0 Å². The molecule has 1 aliphatic rings. The van der Waals surface area contributed by atoms with Gasteiger partial charge in [-0.25, -0.2) is 9.48 Å². The van der Waals surface area contributed by atoms with Gasteiger partial charge < -0.3 is 10.2 Å². The van der Waals surface area contributed by atoms with Crippen LogP contribution in [0.1, 0.15) is 31.2 Å². The van der Waals surface area contributed by atoms with E-state index < -0.39 is 0 Å². The summed E-state index contributed by atoms with van der Waals surface area (Å²) in [6.45, 7) is 2.46. The quantitative estimate of drug-likeness (QED) is 0.943. The molecule has 0 saturated carbocycles. The zero-order chi connectivity index (χ0) is 15.9. The van der Waals surface area contributed by atoms with Crippen LogP contribution in [0.5, 0.6) is 0 Å². The molecule has 1 N–H and O–H groups in total. The molecule has 3 rings (SSSR count). The highest BCUT2D eigenvalue weighted by molar-refractivity contribution is 5.74. The maximum Gasteiger partial charge on any atom is 0.317 e. The third-order valence-corrected chi connectivity index (χ3v) is 4.29. The van der Waals surface area contributed by atoms with Gasteiger partial charge in [0.2, 0.25) is 0 Å². The molecule has 1 aromatic heterocycles. The Kier molecular flexibility index (Phi) is 5.29. The van der Waals surface area contributed by atoms with Crippen LogP contribution in [0.15, 0.2) is 42.7 Å². The molecule has 23 heavy (non-hydrogen) atoms. The molecular formula is C18H24N4O. The van der Waals surface area contributed by atoms with Crippen molar-refractivity contribution >= 4 is 6.03 Å². The minimum atomic E-state index is 0.0834. The van der Waals surface area contributed by atoms with Crippen molar-refractivity contribution < 1.29 is 4.79 Å². The summed E-state index contributed by atoms with van der Waals surface area (Å²) in [4.78, 5) is 14.1. The van der Waals surface area contributed by atoms with Crippen molar-refractivity contribution in [2.24, 2.45) is 0 Å². The summed E-state index contributed by atoms with van der Waals surface area (Å²) in [5.74, 6) is 0. The molecule has 0 spiro atoms. The fourth-order valence-electron chi connectivity index (χ4n) is 2.94. The Bertz CT molecular complexity index is 598. The van der Waals surface area contributed by atoms with Crippen LogP contribution in [-0.2, 0) is 6.42 Å². The lowest BCUT2D eigenvalue weighted by Gasteiger charge is -2.20. The molecule has 1 aromatic carbocycles. The van der Waals surface area contributed by atoms with Crippen molar-refractivity contribution in [2.75, 3.05) is 19.6 Å². The summed E-state index contributed by atoms with van der Waals surface area (Å²) in [5, 5.41) is 7.26. The lowest BCUT2D eigenvalue weighted by Crippen LogP contribution is -2.41. The smallest absolute Gasteiger partial charge is 0.317 e. The van der Waals surface area contributed by atoms with Gasteiger partial charge in [0.1, 0.15) is 0 Å². The molecule has 122 valence electrons. The van der Waals surface area contributed by atoms with E-state index in [-0.39, 0.29) is 6.03 Å². The second-order valence-corrected chi connectivity index (χ2v) is 6.00. The number of carbonyl (C=O) groups is 1. The molecule has 0 atom stereocenters. The first-order valence-electron chi connectivity index (χ1n) is 8.45. The molecule has 5 heteroatoms. The fraction of sp³-hybridized carbons (Fsp3) is 0.444. The maximum atomic E-state index is 12.2. The van der Waals surface area contributed by atoms with Crippen LogP contribution in [-0.4, -0.2) is 40.3 Å². The number of nitrogens with one attached hydrogen (secondary N) is 1. The molecule has 1 fully saturated rings. The van der Waals surface area contributed by atoms with Gasteiger partial charge in [-0.2, -0.15) is 5.10 Å². The van der Waals surface area contributed by atoms with E-state index in [1.807, 2.05) is 21.8 Å². The molecule has 1 aliphatic heterocycles. The van der Waals surface area contributed by atoms with Gasteiger partial charge >= 0.3 is 6.03 Å². The van der Waals surface area contributed by atoms with Crippen LogP contribution in [0.25, 0.3) is 5.69 Å². The highest BCUT2D eigenvalue weighted by Crippen LogP contribution is 2.10. The highest BCUT2D eigenvalue weighted by Gasteiger charge is 2.14. The monoisotopic (exact) mass is 312 g/mol. The molecule has 1 saturated heterocycles. The van der Waals surface area contributed by atoms with Gasteiger partial charge in [-0.1, -0.05) is 25.0 Å². The first-order valence-corrected chi connectivity index (χ1v) is 8.45. The van der Waals surface area contributed by atoms with E-state index in [0.29, 0.717) is 6.54 Å². The molecule has 0 bridgehead atoms. The van der Waals surface area contributed by atoms with E-state index in [1.54, 1.807) is 6.20 Å². The standard InChI is InChI=1S/C18H24N4O/c23-18(21-13-3-1-2-4-14-21)19-12-10-16-6-8-17(9-7-16)22-15-5-11-20-22/h5-9,11,15H,1-4,10,12-14H2,(H,19,23). The molecule has 2 aromatic rings. The average Bonchev–Trinajstić information content (AvgIpc) is 2.97. The summed E-state index contributed by atoms with van der Waals surface area (Å²) in [5.41, 5.74) is 2.27. The Hall–Kier alpha value is -2.30. The van der Waals surface area contributed by atoms with Crippen molar-refractivity contribution in [1.82, 2.24) is 20.0 Å². The van der Waals surface area contributed by atoms with Crippen molar-refractivity contribution in [2.45, 2.75) is 32.1 Å². The SMILES string of the molecule is O=C(NCCc1ccc(-n2cccn2)cc1)N1CCCCCC1.